The molecule has 21 heavy (non-hydrogen) atoms. The van der Waals surface area contributed by atoms with Crippen LogP contribution in [0.15, 0.2) is 36.5 Å². The van der Waals surface area contributed by atoms with Crippen LogP contribution in [0.4, 0.5) is 5.95 Å². The molecule has 1 N–H and O–H groups in total. The van der Waals surface area contributed by atoms with Crippen molar-refractivity contribution in [1.29, 1.82) is 0 Å². The van der Waals surface area contributed by atoms with Gasteiger partial charge in [-0.15, -0.1) is 0 Å². The molecular formula is C16H22N4O. The van der Waals surface area contributed by atoms with Crippen LogP contribution in [0.25, 0.3) is 0 Å². The number of nitrogens with one attached hydrogen (secondary N) is 1. The molecule has 5 heteroatoms. The molecule has 5 nitrogen and oxygen atoms in total. The third-order valence-electron chi connectivity index (χ3n) is 3.27. The van der Waals surface area contributed by atoms with Crippen molar-refractivity contribution in [2.75, 3.05) is 26.0 Å². The number of anilines is 1. The molecule has 0 atom stereocenters. The topological polar surface area (TPSA) is 50.3 Å². The van der Waals surface area contributed by atoms with Crippen LogP contribution < -0.4 is 10.1 Å². The average molecular weight is 286 g/mol. The highest BCUT2D eigenvalue weighted by Gasteiger charge is 2.02. The van der Waals surface area contributed by atoms with Gasteiger partial charge in [0.25, 0.3) is 0 Å². The van der Waals surface area contributed by atoms with Crippen molar-refractivity contribution in [3.8, 4) is 5.88 Å². The Labute approximate surface area is 126 Å². The number of hydrogen-bond acceptors (Lipinski definition) is 5. The third-order valence-corrected chi connectivity index (χ3v) is 3.27. The third kappa shape index (κ3) is 4.72. The molecule has 0 spiro atoms. The summed E-state index contributed by atoms with van der Waals surface area (Å²) in [5, 5.41) is 3.21. The Morgan fingerprint density at radius 1 is 1.24 bits per heavy atom. The molecule has 2 aromatic rings. The molecule has 0 bridgehead atoms. The molecule has 1 aromatic heterocycles. The number of hydrogen-bond donors (Lipinski definition) is 1. The smallest absolute Gasteiger partial charge is 0.226 e. The van der Waals surface area contributed by atoms with E-state index in [9.17, 15) is 0 Å². The Morgan fingerprint density at radius 3 is 2.81 bits per heavy atom. The molecule has 2 rings (SSSR count). The summed E-state index contributed by atoms with van der Waals surface area (Å²) in [4.78, 5) is 10.7. The van der Waals surface area contributed by atoms with Crippen LogP contribution >= 0.6 is 0 Å². The Kier molecular flexibility index (Phi) is 5.51. The highest BCUT2D eigenvalue weighted by Crippen LogP contribution is 2.11. The van der Waals surface area contributed by atoms with E-state index in [4.69, 9.17) is 4.74 Å². The van der Waals surface area contributed by atoms with Gasteiger partial charge in [0, 0.05) is 25.4 Å². The van der Waals surface area contributed by atoms with Crippen molar-refractivity contribution in [2.24, 2.45) is 0 Å². The van der Waals surface area contributed by atoms with Gasteiger partial charge >= 0.3 is 0 Å². The standard InChI is InChI=1S/C16H22N4O/c1-4-20(2)12-14-7-5-6-13(10-14)11-18-16-17-9-8-15(19-16)21-3/h5-10H,4,11-12H2,1-3H3,(H,17,18,19). The van der Waals surface area contributed by atoms with Gasteiger partial charge in [-0.05, 0) is 24.7 Å². The van der Waals surface area contributed by atoms with Gasteiger partial charge in [0.15, 0.2) is 0 Å². The highest BCUT2D eigenvalue weighted by molar-refractivity contribution is 5.31. The van der Waals surface area contributed by atoms with Crippen molar-refractivity contribution >= 4 is 5.95 Å². The van der Waals surface area contributed by atoms with Gasteiger partial charge in [-0.2, -0.15) is 4.98 Å². The molecule has 0 saturated heterocycles. The molecule has 0 aliphatic heterocycles. The van der Waals surface area contributed by atoms with Crippen molar-refractivity contribution < 1.29 is 4.74 Å². The molecule has 112 valence electrons. The van der Waals surface area contributed by atoms with Crippen molar-refractivity contribution in [3.63, 3.8) is 0 Å². The first-order valence-electron chi connectivity index (χ1n) is 7.08. The largest absolute Gasteiger partial charge is 0.481 e. The van der Waals surface area contributed by atoms with Gasteiger partial charge in [-0.3, -0.25) is 0 Å². The predicted octanol–water partition coefficient (Wildman–Crippen LogP) is 2.55. The maximum atomic E-state index is 5.09. The lowest BCUT2D eigenvalue weighted by molar-refractivity contribution is 0.345. The van der Waals surface area contributed by atoms with Crippen molar-refractivity contribution in [3.05, 3.63) is 47.7 Å². The summed E-state index contributed by atoms with van der Waals surface area (Å²) in [5.41, 5.74) is 2.52. The lowest BCUT2D eigenvalue weighted by Gasteiger charge is -2.14. The Bertz CT molecular complexity index is 574. The minimum atomic E-state index is 0.561. The van der Waals surface area contributed by atoms with Crippen LogP contribution in [-0.2, 0) is 13.1 Å². The van der Waals surface area contributed by atoms with Crippen LogP contribution in [0.2, 0.25) is 0 Å². The van der Waals surface area contributed by atoms with E-state index < -0.39 is 0 Å². The lowest BCUT2D eigenvalue weighted by Crippen LogP contribution is -2.16. The normalized spacial score (nSPS) is 10.7. The molecule has 0 radical (unpaired) electrons. The van der Waals surface area contributed by atoms with Gasteiger partial charge in [0.1, 0.15) is 0 Å². The number of methoxy groups -OCH3 is 1. The second kappa shape index (κ2) is 7.59. The molecule has 0 aliphatic carbocycles. The lowest BCUT2D eigenvalue weighted by atomic mass is 10.1. The van der Waals surface area contributed by atoms with E-state index in [0.717, 1.165) is 13.1 Å². The van der Waals surface area contributed by atoms with Crippen LogP contribution in [0.3, 0.4) is 0 Å². The molecule has 1 aromatic carbocycles. The summed E-state index contributed by atoms with van der Waals surface area (Å²) < 4.78 is 5.09. The van der Waals surface area contributed by atoms with Gasteiger partial charge in [0.2, 0.25) is 11.8 Å². The van der Waals surface area contributed by atoms with E-state index in [1.807, 2.05) is 0 Å². The number of benzene rings is 1. The predicted molar refractivity (Wildman–Crippen MR) is 84.4 cm³/mol. The average Bonchev–Trinajstić information content (AvgIpc) is 2.53. The van der Waals surface area contributed by atoms with Crippen molar-refractivity contribution in [1.82, 2.24) is 14.9 Å². The minimum absolute atomic E-state index is 0.561. The van der Waals surface area contributed by atoms with Crippen molar-refractivity contribution in [2.45, 2.75) is 20.0 Å². The van der Waals surface area contributed by atoms with Gasteiger partial charge in [-0.25, -0.2) is 4.98 Å². The highest BCUT2D eigenvalue weighted by atomic mass is 16.5. The summed E-state index contributed by atoms with van der Waals surface area (Å²) in [7, 11) is 3.72. The fourth-order valence-corrected chi connectivity index (χ4v) is 1.98. The fraction of sp³-hybridized carbons (Fsp3) is 0.375. The van der Waals surface area contributed by atoms with E-state index in [-0.39, 0.29) is 0 Å². The summed E-state index contributed by atoms with van der Waals surface area (Å²) in [6.07, 6.45) is 1.68. The van der Waals surface area contributed by atoms with Gasteiger partial charge in [-0.1, -0.05) is 31.2 Å². The second-order valence-electron chi connectivity index (χ2n) is 4.93. The SMILES string of the molecule is CCN(C)Cc1cccc(CNc2nccc(OC)n2)c1. The zero-order valence-electron chi connectivity index (χ0n) is 12.8. The van der Waals surface area contributed by atoms with Gasteiger partial charge in [0.05, 0.1) is 7.11 Å². The van der Waals surface area contributed by atoms with Gasteiger partial charge < -0.3 is 15.0 Å². The fourth-order valence-electron chi connectivity index (χ4n) is 1.98. The number of aromatic nitrogens is 2. The first kappa shape index (κ1) is 15.3. The number of rotatable bonds is 7. The second-order valence-corrected chi connectivity index (χ2v) is 4.93. The first-order chi connectivity index (χ1) is 10.2. The maximum Gasteiger partial charge on any atom is 0.226 e. The van der Waals surface area contributed by atoms with Crippen LogP contribution in [0.5, 0.6) is 5.88 Å². The molecule has 0 amide bonds. The Hall–Kier alpha value is -2.14. The molecule has 0 unspecified atom stereocenters. The Morgan fingerprint density at radius 2 is 2.05 bits per heavy atom. The molecule has 0 saturated carbocycles. The summed E-state index contributed by atoms with van der Waals surface area (Å²) in [5.74, 6) is 1.14. The number of nitrogens with zero attached hydrogens (tertiary/aromatic N) is 3. The maximum absolute atomic E-state index is 5.09. The van der Waals surface area contributed by atoms with E-state index >= 15 is 0 Å². The van der Waals surface area contributed by atoms with E-state index in [1.165, 1.54) is 11.1 Å². The summed E-state index contributed by atoms with van der Waals surface area (Å²) in [6.45, 7) is 4.85. The monoisotopic (exact) mass is 286 g/mol. The van der Waals surface area contributed by atoms with Crippen LogP contribution in [0, 0.1) is 0 Å². The molecule has 1 heterocycles. The first-order valence-corrected chi connectivity index (χ1v) is 7.08. The van der Waals surface area contributed by atoms with Crippen LogP contribution in [0.1, 0.15) is 18.1 Å². The minimum Gasteiger partial charge on any atom is -0.481 e. The van der Waals surface area contributed by atoms with E-state index in [1.54, 1.807) is 19.4 Å². The molecular weight excluding hydrogens is 264 g/mol. The Balaban J connectivity index is 1.97. The molecule has 0 aliphatic rings. The number of ether oxygens (including phenoxy) is 1. The van der Waals surface area contributed by atoms with E-state index in [0.29, 0.717) is 18.4 Å². The quantitative estimate of drug-likeness (QED) is 0.847. The molecule has 0 fully saturated rings. The van der Waals surface area contributed by atoms with E-state index in [2.05, 4.69) is 58.4 Å². The van der Waals surface area contributed by atoms with Crippen LogP contribution in [-0.4, -0.2) is 35.6 Å². The summed E-state index contributed by atoms with van der Waals surface area (Å²) >= 11 is 0. The summed E-state index contributed by atoms with van der Waals surface area (Å²) in [6, 6.07) is 10.3. The zero-order chi connectivity index (χ0) is 15.1. The zero-order valence-corrected chi connectivity index (χ0v) is 12.8.